The molecule has 0 saturated carbocycles. The minimum Gasteiger partial charge on any atom is -0.497 e. The molecule has 0 heterocycles. The molecule has 0 saturated heterocycles. The monoisotopic (exact) mass is 188 g/mol. The molecular formula is C12H12O2. The van der Waals surface area contributed by atoms with Crippen LogP contribution in [0.5, 0.6) is 5.75 Å². The van der Waals surface area contributed by atoms with Crippen LogP contribution in [0.3, 0.4) is 0 Å². The van der Waals surface area contributed by atoms with Gasteiger partial charge in [-0.15, -0.1) is 0 Å². The standard InChI is InChI=1S/C12H12O2/c1-14-12-8-6-11(7-9-12)5-3-2-4-10-13/h2-10H,1H3/b4-2+,5-3+. The maximum Gasteiger partial charge on any atom is 0.142 e. The number of hydrogen-bond acceptors (Lipinski definition) is 2. The zero-order valence-corrected chi connectivity index (χ0v) is 8.01. The summed E-state index contributed by atoms with van der Waals surface area (Å²) < 4.78 is 5.03. The molecule has 0 aliphatic rings. The Morgan fingerprint density at radius 3 is 2.36 bits per heavy atom. The normalized spacial score (nSPS) is 10.9. The summed E-state index contributed by atoms with van der Waals surface area (Å²) in [5.74, 6) is 0.839. The van der Waals surface area contributed by atoms with Gasteiger partial charge in [-0.3, -0.25) is 4.79 Å². The Hall–Kier alpha value is -1.83. The van der Waals surface area contributed by atoms with Crippen molar-refractivity contribution in [2.45, 2.75) is 0 Å². The van der Waals surface area contributed by atoms with Crippen LogP contribution in [0.1, 0.15) is 5.56 Å². The Labute approximate surface area is 83.5 Å². The molecule has 1 rings (SSSR count). The number of aldehydes is 1. The van der Waals surface area contributed by atoms with E-state index in [1.807, 2.05) is 36.4 Å². The lowest BCUT2D eigenvalue weighted by Gasteiger charge is -1.98. The second kappa shape index (κ2) is 5.75. The highest BCUT2D eigenvalue weighted by atomic mass is 16.5. The van der Waals surface area contributed by atoms with Crippen molar-refractivity contribution in [3.8, 4) is 5.75 Å². The lowest BCUT2D eigenvalue weighted by Crippen LogP contribution is -1.81. The van der Waals surface area contributed by atoms with Crippen molar-refractivity contribution in [1.29, 1.82) is 0 Å². The second-order valence-electron chi connectivity index (χ2n) is 2.65. The van der Waals surface area contributed by atoms with Crippen molar-refractivity contribution in [2.24, 2.45) is 0 Å². The third-order valence-corrected chi connectivity index (χ3v) is 1.71. The lowest BCUT2D eigenvalue weighted by atomic mass is 10.2. The van der Waals surface area contributed by atoms with Gasteiger partial charge in [-0.2, -0.15) is 0 Å². The van der Waals surface area contributed by atoms with Crippen LogP contribution in [0.4, 0.5) is 0 Å². The van der Waals surface area contributed by atoms with Crippen molar-refractivity contribution in [3.05, 3.63) is 48.1 Å². The van der Waals surface area contributed by atoms with Gasteiger partial charge in [-0.1, -0.05) is 30.4 Å². The summed E-state index contributed by atoms with van der Waals surface area (Å²) in [6.07, 6.45) is 7.62. The molecule has 0 aromatic heterocycles. The fourth-order valence-electron chi connectivity index (χ4n) is 0.991. The highest BCUT2D eigenvalue weighted by Crippen LogP contribution is 2.12. The van der Waals surface area contributed by atoms with E-state index in [0.717, 1.165) is 17.6 Å². The largest absolute Gasteiger partial charge is 0.497 e. The van der Waals surface area contributed by atoms with Gasteiger partial charge in [-0.05, 0) is 23.8 Å². The first-order valence-corrected chi connectivity index (χ1v) is 4.29. The van der Waals surface area contributed by atoms with Crippen molar-refractivity contribution in [3.63, 3.8) is 0 Å². The van der Waals surface area contributed by atoms with Gasteiger partial charge in [0.05, 0.1) is 7.11 Å². The molecule has 2 nitrogen and oxygen atoms in total. The Bertz CT molecular complexity index is 334. The number of allylic oxidation sites excluding steroid dienone is 3. The number of benzene rings is 1. The third kappa shape index (κ3) is 3.27. The van der Waals surface area contributed by atoms with Gasteiger partial charge in [-0.25, -0.2) is 0 Å². The molecule has 14 heavy (non-hydrogen) atoms. The number of ether oxygens (including phenoxy) is 1. The van der Waals surface area contributed by atoms with E-state index >= 15 is 0 Å². The minimum atomic E-state index is 0.748. The molecule has 0 unspecified atom stereocenters. The molecule has 0 aliphatic carbocycles. The van der Waals surface area contributed by atoms with Gasteiger partial charge >= 0.3 is 0 Å². The van der Waals surface area contributed by atoms with E-state index in [2.05, 4.69) is 0 Å². The molecular weight excluding hydrogens is 176 g/mol. The van der Waals surface area contributed by atoms with Crippen LogP contribution < -0.4 is 4.74 Å². The smallest absolute Gasteiger partial charge is 0.142 e. The molecule has 0 N–H and O–H groups in total. The highest BCUT2D eigenvalue weighted by Gasteiger charge is 1.88. The third-order valence-electron chi connectivity index (χ3n) is 1.71. The molecule has 1 aromatic rings. The van der Waals surface area contributed by atoms with Crippen molar-refractivity contribution >= 4 is 12.4 Å². The molecule has 0 bridgehead atoms. The average molecular weight is 188 g/mol. The van der Waals surface area contributed by atoms with E-state index in [1.54, 1.807) is 13.2 Å². The fraction of sp³-hybridized carbons (Fsp3) is 0.0833. The average Bonchev–Trinajstić information content (AvgIpc) is 2.25. The molecule has 0 aliphatic heterocycles. The molecule has 1 aromatic carbocycles. The van der Waals surface area contributed by atoms with Gasteiger partial charge in [0.25, 0.3) is 0 Å². The summed E-state index contributed by atoms with van der Waals surface area (Å²) in [5, 5.41) is 0. The van der Waals surface area contributed by atoms with Gasteiger partial charge in [0.2, 0.25) is 0 Å². The molecule has 2 heteroatoms. The van der Waals surface area contributed by atoms with Gasteiger partial charge in [0, 0.05) is 0 Å². The Morgan fingerprint density at radius 2 is 1.79 bits per heavy atom. The van der Waals surface area contributed by atoms with Gasteiger partial charge < -0.3 is 4.74 Å². The van der Waals surface area contributed by atoms with Crippen LogP contribution >= 0.6 is 0 Å². The van der Waals surface area contributed by atoms with Gasteiger partial charge in [0.15, 0.2) is 0 Å². The summed E-state index contributed by atoms with van der Waals surface area (Å²) >= 11 is 0. The molecule has 0 amide bonds. The topological polar surface area (TPSA) is 26.3 Å². The zero-order chi connectivity index (χ0) is 10.2. The molecule has 72 valence electrons. The lowest BCUT2D eigenvalue weighted by molar-refractivity contribution is -0.104. The number of hydrogen-bond donors (Lipinski definition) is 0. The SMILES string of the molecule is COc1ccc(/C=C/C=C/C=O)cc1. The molecule has 0 radical (unpaired) electrons. The zero-order valence-electron chi connectivity index (χ0n) is 8.01. The number of carbonyl (C=O) groups excluding carboxylic acids is 1. The van der Waals surface area contributed by atoms with E-state index in [4.69, 9.17) is 4.74 Å². The first-order chi connectivity index (χ1) is 6.86. The van der Waals surface area contributed by atoms with E-state index in [9.17, 15) is 4.79 Å². The van der Waals surface area contributed by atoms with E-state index in [-0.39, 0.29) is 0 Å². The van der Waals surface area contributed by atoms with Crippen LogP contribution in [0.25, 0.3) is 6.08 Å². The Morgan fingerprint density at radius 1 is 1.07 bits per heavy atom. The quantitative estimate of drug-likeness (QED) is 0.412. The summed E-state index contributed by atoms with van der Waals surface area (Å²) in [7, 11) is 1.64. The predicted octanol–water partition coefficient (Wildman–Crippen LogP) is 2.46. The van der Waals surface area contributed by atoms with Crippen LogP contribution in [-0.2, 0) is 4.79 Å². The van der Waals surface area contributed by atoms with Crippen LogP contribution in [0.15, 0.2) is 42.5 Å². The Kier molecular flexibility index (Phi) is 4.21. The first-order valence-electron chi connectivity index (χ1n) is 4.29. The Balaban J connectivity index is 2.63. The van der Waals surface area contributed by atoms with Gasteiger partial charge in [0.1, 0.15) is 12.0 Å². The maximum atomic E-state index is 9.96. The second-order valence-corrected chi connectivity index (χ2v) is 2.65. The van der Waals surface area contributed by atoms with Crippen molar-refractivity contribution in [1.82, 2.24) is 0 Å². The van der Waals surface area contributed by atoms with Crippen LogP contribution in [0, 0.1) is 0 Å². The number of carbonyl (C=O) groups is 1. The van der Waals surface area contributed by atoms with Crippen molar-refractivity contribution < 1.29 is 9.53 Å². The van der Waals surface area contributed by atoms with Crippen LogP contribution in [-0.4, -0.2) is 13.4 Å². The highest BCUT2D eigenvalue weighted by molar-refractivity contribution is 5.66. The summed E-state index contributed by atoms with van der Waals surface area (Å²) in [4.78, 5) is 9.96. The fourth-order valence-corrected chi connectivity index (χ4v) is 0.991. The summed E-state index contributed by atoms with van der Waals surface area (Å²) in [5.41, 5.74) is 1.07. The first kappa shape index (κ1) is 10.3. The van der Waals surface area contributed by atoms with E-state index in [0.29, 0.717) is 0 Å². The summed E-state index contributed by atoms with van der Waals surface area (Å²) in [6.45, 7) is 0. The minimum absolute atomic E-state index is 0.748. The van der Waals surface area contributed by atoms with E-state index in [1.165, 1.54) is 6.08 Å². The molecule has 0 atom stereocenters. The van der Waals surface area contributed by atoms with Crippen LogP contribution in [0.2, 0.25) is 0 Å². The molecule has 0 fully saturated rings. The predicted molar refractivity (Wildman–Crippen MR) is 57.2 cm³/mol. The number of rotatable bonds is 4. The maximum absolute atomic E-state index is 9.96. The summed E-state index contributed by atoms with van der Waals surface area (Å²) in [6, 6.07) is 7.68. The number of methoxy groups -OCH3 is 1. The van der Waals surface area contributed by atoms with E-state index < -0.39 is 0 Å². The molecule has 0 spiro atoms. The van der Waals surface area contributed by atoms with Crippen molar-refractivity contribution in [2.75, 3.05) is 7.11 Å².